The largest absolute Gasteiger partial charge is 0.509 e. The van der Waals surface area contributed by atoms with Gasteiger partial charge in [-0.3, -0.25) is 19.0 Å². The van der Waals surface area contributed by atoms with E-state index in [0.29, 0.717) is 4.57 Å². The number of fused-ring (bicyclic) bond motifs is 1. The molecular weight excluding hydrogens is 435 g/mol. The van der Waals surface area contributed by atoms with Gasteiger partial charge in [0.1, 0.15) is 0 Å². The zero-order valence-corrected chi connectivity index (χ0v) is 17.8. The van der Waals surface area contributed by atoms with E-state index in [0.717, 1.165) is 16.8 Å². The lowest BCUT2D eigenvalue weighted by molar-refractivity contribution is -0.220. The molecule has 176 valence electrons. The number of aromatic nitrogens is 2. The molecule has 1 aromatic heterocycles. The van der Waals surface area contributed by atoms with Crippen molar-refractivity contribution in [3.63, 3.8) is 0 Å². The molecule has 2 saturated heterocycles. The van der Waals surface area contributed by atoms with Crippen LogP contribution in [0.2, 0.25) is 0 Å². The number of hydrogen-bond acceptors (Lipinski definition) is 10. The topological polar surface area (TPSA) is 141 Å². The lowest BCUT2D eigenvalue weighted by atomic mass is 10.1. The molecule has 12 nitrogen and oxygen atoms in total. The summed E-state index contributed by atoms with van der Waals surface area (Å²) in [7, 11) is 0. The zero-order valence-electron chi connectivity index (χ0n) is 17.8. The van der Waals surface area contributed by atoms with Crippen molar-refractivity contribution < 1.29 is 42.5 Å². The van der Waals surface area contributed by atoms with Crippen molar-refractivity contribution in [3.05, 3.63) is 33.1 Å². The molecule has 0 spiro atoms. The number of carbonyl (C=O) groups is 3. The Hall–Kier alpha value is -3.22. The van der Waals surface area contributed by atoms with Crippen LogP contribution in [-0.4, -0.2) is 51.9 Å². The Labute approximate surface area is 180 Å². The van der Waals surface area contributed by atoms with Gasteiger partial charge in [-0.15, -0.1) is 0 Å². The van der Waals surface area contributed by atoms with Gasteiger partial charge in [0.25, 0.3) is 11.4 Å². The molecule has 0 amide bonds. The van der Waals surface area contributed by atoms with E-state index < -0.39 is 78.8 Å². The molecule has 2 aliphatic heterocycles. The molecule has 1 aromatic rings. The smallest absolute Gasteiger partial charge is 0.459 e. The maximum atomic E-state index is 15.5. The van der Waals surface area contributed by atoms with Crippen molar-refractivity contribution in [2.24, 2.45) is 11.8 Å². The summed E-state index contributed by atoms with van der Waals surface area (Å²) in [6.45, 7) is 4.63. The van der Waals surface area contributed by atoms with Gasteiger partial charge in [-0.25, -0.2) is 18.5 Å². The first-order valence-corrected chi connectivity index (χ1v) is 9.84. The lowest BCUT2D eigenvalue weighted by Crippen LogP contribution is -2.43. The summed E-state index contributed by atoms with van der Waals surface area (Å²) < 4.78 is 41.9. The minimum atomic E-state index is -2.81. The van der Waals surface area contributed by atoms with Gasteiger partial charge in [-0.2, -0.15) is 0 Å². The summed E-state index contributed by atoms with van der Waals surface area (Å²) in [5.41, 5.74) is -1.79. The highest BCUT2D eigenvalue weighted by Crippen LogP contribution is 2.44. The predicted octanol–water partition coefficient (Wildman–Crippen LogP) is 0.464. The highest BCUT2D eigenvalue weighted by atomic mass is 19.2. The quantitative estimate of drug-likeness (QED) is 0.418. The summed E-state index contributed by atoms with van der Waals surface area (Å²) in [5, 5.41) is 0. The van der Waals surface area contributed by atoms with E-state index in [1.807, 2.05) is 0 Å². The van der Waals surface area contributed by atoms with Gasteiger partial charge in [-0.1, -0.05) is 27.7 Å². The first kappa shape index (κ1) is 23.4. The minimum Gasteiger partial charge on any atom is -0.459 e. The number of hydrogen-bond donors (Lipinski definition) is 0. The second-order valence-corrected chi connectivity index (χ2v) is 7.95. The Bertz CT molecular complexity index is 1030. The van der Waals surface area contributed by atoms with E-state index in [4.69, 9.17) is 23.7 Å². The molecule has 3 rings (SSSR count). The Morgan fingerprint density at radius 1 is 1.09 bits per heavy atom. The van der Waals surface area contributed by atoms with E-state index in [-0.39, 0.29) is 0 Å². The van der Waals surface area contributed by atoms with Gasteiger partial charge in [0.2, 0.25) is 6.10 Å². The number of rotatable bonds is 7. The third kappa shape index (κ3) is 4.38. The normalized spacial score (nSPS) is 26.6. The van der Waals surface area contributed by atoms with Crippen LogP contribution in [0.4, 0.5) is 9.18 Å². The second kappa shape index (κ2) is 8.73. The van der Waals surface area contributed by atoms with Crippen LogP contribution in [0.15, 0.2) is 21.9 Å². The Balaban J connectivity index is 1.90. The van der Waals surface area contributed by atoms with Gasteiger partial charge in [0, 0.05) is 12.3 Å². The molecule has 32 heavy (non-hydrogen) atoms. The highest BCUT2D eigenvalue weighted by Gasteiger charge is 2.65. The minimum absolute atomic E-state index is 0.494. The molecule has 0 aromatic carbocycles. The average molecular weight is 458 g/mol. The molecule has 0 bridgehead atoms. The molecular formula is C19H23FN2O10. The maximum Gasteiger partial charge on any atom is 0.509 e. The summed E-state index contributed by atoms with van der Waals surface area (Å²) in [6.07, 6.45) is -4.77. The Morgan fingerprint density at radius 2 is 1.72 bits per heavy atom. The fraction of sp³-hybridized carbons (Fsp3) is 0.632. The van der Waals surface area contributed by atoms with Crippen LogP contribution in [0.25, 0.3) is 0 Å². The van der Waals surface area contributed by atoms with Crippen molar-refractivity contribution >= 4 is 18.1 Å². The highest BCUT2D eigenvalue weighted by molar-refractivity contribution is 5.71. The summed E-state index contributed by atoms with van der Waals surface area (Å²) in [5.74, 6) is -5.21. The Kier molecular flexibility index (Phi) is 6.39. The third-order valence-corrected chi connectivity index (χ3v) is 4.84. The number of alkyl halides is 1. The lowest BCUT2D eigenvalue weighted by Gasteiger charge is -2.24. The van der Waals surface area contributed by atoms with Crippen LogP contribution in [0.1, 0.15) is 33.9 Å². The molecule has 0 aliphatic carbocycles. The third-order valence-electron chi connectivity index (χ3n) is 4.84. The van der Waals surface area contributed by atoms with E-state index in [1.54, 1.807) is 27.7 Å². The van der Waals surface area contributed by atoms with Crippen LogP contribution in [0, 0.1) is 11.8 Å². The monoisotopic (exact) mass is 458 g/mol. The molecule has 0 radical (unpaired) electrons. The molecule has 0 N–H and O–H groups in total. The molecule has 0 unspecified atom stereocenters. The molecule has 2 aliphatic rings. The summed E-state index contributed by atoms with van der Waals surface area (Å²) in [4.78, 5) is 60.0. The molecule has 3 heterocycles. The molecule has 13 heteroatoms. The van der Waals surface area contributed by atoms with Gasteiger partial charge < -0.3 is 23.7 Å². The summed E-state index contributed by atoms with van der Waals surface area (Å²) >= 11 is 0. The molecule has 2 fully saturated rings. The first-order valence-electron chi connectivity index (χ1n) is 9.84. The fourth-order valence-electron chi connectivity index (χ4n) is 3.05. The SMILES string of the molecule is CC(C)C(=O)OCn1c(=O)ccn([C@@H]2O[C@](F)(COC(=O)C(C)C)[C@H]3OC(=O)O[C@@H]23)c1=O. The van der Waals surface area contributed by atoms with Crippen LogP contribution in [0.3, 0.4) is 0 Å². The van der Waals surface area contributed by atoms with Gasteiger partial charge in [0.05, 0.1) is 11.8 Å². The van der Waals surface area contributed by atoms with Crippen molar-refractivity contribution in [1.82, 2.24) is 9.13 Å². The average Bonchev–Trinajstić information content (AvgIpc) is 3.23. The predicted molar refractivity (Wildman–Crippen MR) is 101 cm³/mol. The second-order valence-electron chi connectivity index (χ2n) is 7.95. The van der Waals surface area contributed by atoms with E-state index in [1.165, 1.54) is 0 Å². The maximum absolute atomic E-state index is 15.5. The van der Waals surface area contributed by atoms with Crippen LogP contribution in [-0.2, 0) is 40.0 Å². The number of halogens is 1. The van der Waals surface area contributed by atoms with Crippen LogP contribution >= 0.6 is 0 Å². The van der Waals surface area contributed by atoms with E-state index in [9.17, 15) is 24.0 Å². The van der Waals surface area contributed by atoms with Crippen molar-refractivity contribution in [2.45, 2.75) is 58.7 Å². The number of carbonyl (C=O) groups excluding carboxylic acids is 3. The van der Waals surface area contributed by atoms with Gasteiger partial charge in [0.15, 0.2) is 25.7 Å². The fourth-order valence-corrected chi connectivity index (χ4v) is 3.05. The van der Waals surface area contributed by atoms with Gasteiger partial charge in [-0.05, 0) is 0 Å². The van der Waals surface area contributed by atoms with Crippen molar-refractivity contribution in [2.75, 3.05) is 6.61 Å². The molecule has 0 saturated carbocycles. The number of esters is 2. The van der Waals surface area contributed by atoms with E-state index in [2.05, 4.69) is 0 Å². The standard InChI is InChI=1S/C19H23FN2O10/c1-9(2)15(24)28-7-19(20)13-12(30-18(27)31-13)14(32-19)21-6-5-11(23)22(17(21)26)8-29-16(25)10(3)4/h5-6,9-10,12-14H,7-8H2,1-4H3/t12-,13+,14-,19-/m1/s1. The number of ether oxygens (including phenoxy) is 5. The van der Waals surface area contributed by atoms with Crippen LogP contribution < -0.4 is 11.2 Å². The van der Waals surface area contributed by atoms with Crippen molar-refractivity contribution in [1.29, 1.82) is 0 Å². The number of nitrogens with zero attached hydrogens (tertiary/aromatic N) is 2. The van der Waals surface area contributed by atoms with E-state index >= 15 is 4.39 Å². The molecule has 4 atom stereocenters. The Morgan fingerprint density at radius 3 is 2.34 bits per heavy atom. The first-order chi connectivity index (χ1) is 14.9. The zero-order chi connectivity index (χ0) is 23.8. The van der Waals surface area contributed by atoms with Crippen LogP contribution in [0.5, 0.6) is 0 Å². The summed E-state index contributed by atoms with van der Waals surface area (Å²) in [6, 6.07) is 0.970. The van der Waals surface area contributed by atoms with Crippen molar-refractivity contribution in [3.8, 4) is 0 Å². The van der Waals surface area contributed by atoms with Gasteiger partial charge >= 0.3 is 23.8 Å².